The Hall–Kier alpha value is -1.14. The van der Waals surface area contributed by atoms with E-state index in [4.69, 9.17) is 5.21 Å². The lowest BCUT2D eigenvalue weighted by Gasteiger charge is -2.33. The van der Waals surface area contributed by atoms with Gasteiger partial charge in [-0.3, -0.25) is 14.8 Å². The molecule has 0 fully saturated rings. The maximum absolute atomic E-state index is 12.5. The molecule has 6 heteroatoms. The van der Waals surface area contributed by atoms with Crippen LogP contribution in [0.2, 0.25) is 0 Å². The first kappa shape index (κ1) is 19.9. The molecule has 0 aromatic carbocycles. The Balaban J connectivity index is 4.88. The first-order valence-electron chi connectivity index (χ1n) is 7.49. The summed E-state index contributed by atoms with van der Waals surface area (Å²) in [5, 5.41) is 14.8. The van der Waals surface area contributed by atoms with E-state index in [1.807, 2.05) is 20.9 Å². The Bertz CT molecular complexity index is 338. The van der Waals surface area contributed by atoms with Gasteiger partial charge in [-0.2, -0.15) is 0 Å². The molecule has 0 aliphatic rings. The molecule has 0 aromatic rings. The zero-order chi connectivity index (χ0) is 16.6. The van der Waals surface area contributed by atoms with Crippen molar-refractivity contribution in [3.8, 4) is 0 Å². The summed E-state index contributed by atoms with van der Waals surface area (Å²) in [6.07, 6.45) is 0.604. The number of likely N-dealkylation sites (N-methyl/N-ethyl adjacent to an activating group) is 1. The number of hydrogen-bond donors (Lipinski definition) is 4. The molecule has 0 aliphatic carbocycles. The minimum Gasteiger partial charge on any atom is -0.351 e. The molecule has 0 saturated carbocycles. The second-order valence-corrected chi connectivity index (χ2v) is 7.05. The normalized spacial score (nSPS) is 14.7. The van der Waals surface area contributed by atoms with Crippen LogP contribution in [0.3, 0.4) is 0 Å². The molecular weight excluding hydrogens is 270 g/mol. The lowest BCUT2D eigenvalue weighted by atomic mass is 9.85. The molecule has 2 atom stereocenters. The van der Waals surface area contributed by atoms with E-state index in [9.17, 15) is 9.59 Å². The van der Waals surface area contributed by atoms with Gasteiger partial charge in [-0.1, -0.05) is 34.6 Å². The Morgan fingerprint density at radius 3 is 2.14 bits per heavy atom. The molecule has 0 bridgehead atoms. The number of rotatable bonds is 8. The molecule has 2 amide bonds. The Morgan fingerprint density at radius 1 is 1.19 bits per heavy atom. The highest BCUT2D eigenvalue weighted by atomic mass is 16.5. The number of carbonyl (C=O) groups excluding carboxylic acids is 2. The number of hydroxylamine groups is 1. The average Bonchev–Trinajstić information content (AvgIpc) is 2.35. The van der Waals surface area contributed by atoms with Crippen molar-refractivity contribution in [2.45, 2.75) is 53.5 Å². The van der Waals surface area contributed by atoms with Crippen molar-refractivity contribution in [3.63, 3.8) is 0 Å². The van der Waals surface area contributed by atoms with Crippen molar-refractivity contribution in [1.82, 2.24) is 16.1 Å². The Kier molecular flexibility index (Phi) is 8.51. The predicted octanol–water partition coefficient (Wildman–Crippen LogP) is 1.29. The van der Waals surface area contributed by atoms with Gasteiger partial charge in [-0.15, -0.1) is 0 Å². The van der Waals surface area contributed by atoms with Crippen molar-refractivity contribution in [1.29, 1.82) is 0 Å². The molecule has 124 valence electrons. The second kappa shape index (κ2) is 9.00. The summed E-state index contributed by atoms with van der Waals surface area (Å²) in [6, 6.07) is -0.0261. The van der Waals surface area contributed by atoms with E-state index >= 15 is 0 Å². The van der Waals surface area contributed by atoms with Crippen LogP contribution in [0.15, 0.2) is 0 Å². The van der Waals surface area contributed by atoms with Gasteiger partial charge < -0.3 is 10.6 Å². The number of amides is 2. The largest absolute Gasteiger partial charge is 0.351 e. The van der Waals surface area contributed by atoms with Crippen LogP contribution >= 0.6 is 0 Å². The smallest absolute Gasteiger partial charge is 0.244 e. The molecule has 4 N–H and O–H groups in total. The fourth-order valence-corrected chi connectivity index (χ4v) is 2.19. The SMILES string of the molecule is CNCC(NC(=O)C(CC(=O)NO)CC(C)C)C(C)(C)C. The maximum atomic E-state index is 12.5. The van der Waals surface area contributed by atoms with Crippen molar-refractivity contribution < 1.29 is 14.8 Å². The van der Waals surface area contributed by atoms with Crippen LogP contribution in [0.5, 0.6) is 0 Å². The van der Waals surface area contributed by atoms with Gasteiger partial charge in [0.05, 0.1) is 0 Å². The van der Waals surface area contributed by atoms with E-state index in [1.165, 1.54) is 0 Å². The van der Waals surface area contributed by atoms with Crippen molar-refractivity contribution in [2.24, 2.45) is 17.3 Å². The highest BCUT2D eigenvalue weighted by Gasteiger charge is 2.29. The summed E-state index contributed by atoms with van der Waals surface area (Å²) < 4.78 is 0. The van der Waals surface area contributed by atoms with E-state index in [2.05, 4.69) is 31.4 Å². The molecule has 2 unspecified atom stereocenters. The minimum atomic E-state index is -0.531. The van der Waals surface area contributed by atoms with Crippen LogP contribution in [-0.4, -0.2) is 36.7 Å². The molecular formula is C15H31N3O3. The van der Waals surface area contributed by atoms with Gasteiger partial charge in [0.1, 0.15) is 0 Å². The third-order valence-electron chi connectivity index (χ3n) is 3.45. The maximum Gasteiger partial charge on any atom is 0.244 e. The van der Waals surface area contributed by atoms with Gasteiger partial charge in [0.2, 0.25) is 11.8 Å². The highest BCUT2D eigenvalue weighted by molar-refractivity contribution is 5.85. The fraction of sp³-hybridized carbons (Fsp3) is 0.867. The van der Waals surface area contributed by atoms with Gasteiger partial charge in [0.15, 0.2) is 0 Å². The number of carbonyl (C=O) groups is 2. The predicted molar refractivity (Wildman–Crippen MR) is 82.8 cm³/mol. The van der Waals surface area contributed by atoms with Crippen LogP contribution in [0.25, 0.3) is 0 Å². The third kappa shape index (κ3) is 8.02. The van der Waals surface area contributed by atoms with Crippen LogP contribution in [-0.2, 0) is 9.59 Å². The first-order valence-corrected chi connectivity index (χ1v) is 7.49. The summed E-state index contributed by atoms with van der Waals surface area (Å²) in [4.78, 5) is 23.8. The highest BCUT2D eigenvalue weighted by Crippen LogP contribution is 2.21. The number of nitrogens with one attached hydrogen (secondary N) is 3. The molecule has 0 aromatic heterocycles. The lowest BCUT2D eigenvalue weighted by Crippen LogP contribution is -2.51. The van der Waals surface area contributed by atoms with Crippen molar-refractivity contribution in [3.05, 3.63) is 0 Å². The zero-order valence-electron chi connectivity index (χ0n) is 14.1. The Morgan fingerprint density at radius 2 is 1.76 bits per heavy atom. The standard InChI is InChI=1S/C15H31N3O3/c1-10(2)7-11(8-13(19)18-21)14(20)17-12(9-16-6)15(3,4)5/h10-12,16,21H,7-9H2,1-6H3,(H,17,20)(H,18,19). The second-order valence-electron chi connectivity index (χ2n) is 7.05. The van der Waals surface area contributed by atoms with E-state index < -0.39 is 11.8 Å². The molecule has 21 heavy (non-hydrogen) atoms. The van der Waals surface area contributed by atoms with E-state index in [0.29, 0.717) is 18.9 Å². The van der Waals surface area contributed by atoms with Crippen LogP contribution < -0.4 is 16.1 Å². The summed E-state index contributed by atoms with van der Waals surface area (Å²) in [5.74, 6) is -0.803. The summed E-state index contributed by atoms with van der Waals surface area (Å²) in [5.41, 5.74) is 1.52. The van der Waals surface area contributed by atoms with Gasteiger partial charge in [-0.05, 0) is 24.8 Å². The summed E-state index contributed by atoms with van der Waals surface area (Å²) in [7, 11) is 1.84. The molecule has 0 aliphatic heterocycles. The molecule has 0 rings (SSSR count). The molecule has 0 radical (unpaired) electrons. The first-order chi connectivity index (χ1) is 9.61. The van der Waals surface area contributed by atoms with Crippen molar-refractivity contribution in [2.75, 3.05) is 13.6 Å². The monoisotopic (exact) mass is 301 g/mol. The Labute approximate surface area is 128 Å². The number of hydrogen-bond acceptors (Lipinski definition) is 4. The summed E-state index contributed by atoms with van der Waals surface area (Å²) >= 11 is 0. The quantitative estimate of drug-likeness (QED) is 0.402. The summed E-state index contributed by atoms with van der Waals surface area (Å²) in [6.45, 7) is 10.9. The average molecular weight is 301 g/mol. The van der Waals surface area contributed by atoms with Gasteiger partial charge in [-0.25, -0.2) is 5.48 Å². The van der Waals surface area contributed by atoms with Gasteiger partial charge in [0, 0.05) is 24.9 Å². The van der Waals surface area contributed by atoms with Gasteiger partial charge in [0.25, 0.3) is 0 Å². The molecule has 0 saturated heterocycles. The minimum absolute atomic E-state index is 0.00305. The third-order valence-corrected chi connectivity index (χ3v) is 3.45. The zero-order valence-corrected chi connectivity index (χ0v) is 14.1. The molecule has 0 spiro atoms. The molecule has 6 nitrogen and oxygen atoms in total. The van der Waals surface area contributed by atoms with E-state index in [-0.39, 0.29) is 23.8 Å². The molecule has 0 heterocycles. The van der Waals surface area contributed by atoms with Crippen LogP contribution in [0, 0.1) is 17.3 Å². The fourth-order valence-electron chi connectivity index (χ4n) is 2.19. The van der Waals surface area contributed by atoms with Crippen molar-refractivity contribution >= 4 is 11.8 Å². The van der Waals surface area contributed by atoms with Crippen LogP contribution in [0.1, 0.15) is 47.5 Å². The van der Waals surface area contributed by atoms with Crippen LogP contribution in [0.4, 0.5) is 0 Å². The van der Waals surface area contributed by atoms with Gasteiger partial charge >= 0.3 is 0 Å². The van der Waals surface area contributed by atoms with E-state index in [1.54, 1.807) is 5.48 Å². The topological polar surface area (TPSA) is 90.5 Å². The van der Waals surface area contributed by atoms with E-state index in [0.717, 1.165) is 0 Å². The lowest BCUT2D eigenvalue weighted by molar-refractivity contribution is -0.135.